The van der Waals surface area contributed by atoms with Crippen molar-refractivity contribution in [1.29, 1.82) is 0 Å². The van der Waals surface area contributed by atoms with Crippen molar-refractivity contribution >= 4 is 22.1 Å². The number of rotatable bonds is 4. The maximum absolute atomic E-state index is 9.22. The van der Waals surface area contributed by atoms with E-state index < -0.39 is 26.4 Å². The molecule has 2 aromatic carbocycles. The predicted octanol–water partition coefficient (Wildman–Crippen LogP) is 9.24. The SMILES string of the molecule is [2H]c1cc(C2([2H])CCC(C)(C)CC2)cc(C([2H])([2H])[2H])c1Cc1cc(-c2cccc3c2oc2nc(C([2H])([2H])[2H])ccc23)ncc1C([2H])([2H])[2H]. The summed E-state index contributed by atoms with van der Waals surface area (Å²) in [6.07, 6.45) is 3.82. The van der Waals surface area contributed by atoms with Crippen LogP contribution in [0.15, 0.2) is 65.2 Å². The van der Waals surface area contributed by atoms with Gasteiger partial charge in [-0.15, -0.1) is 0 Å². The van der Waals surface area contributed by atoms with Gasteiger partial charge in [-0.1, -0.05) is 44.2 Å². The minimum absolute atomic E-state index is 0.0551. The number of hydrogen-bond acceptors (Lipinski definition) is 3. The summed E-state index contributed by atoms with van der Waals surface area (Å²) in [7, 11) is 0. The molecule has 0 radical (unpaired) electrons. The van der Waals surface area contributed by atoms with Crippen LogP contribution >= 0.6 is 0 Å². The lowest BCUT2D eigenvalue weighted by molar-refractivity contribution is 0.224. The molecule has 0 aliphatic heterocycles. The smallest absolute Gasteiger partial charge is 0.227 e. The second kappa shape index (κ2) is 9.13. The van der Waals surface area contributed by atoms with Gasteiger partial charge in [0.15, 0.2) is 0 Å². The molecule has 0 atom stereocenters. The van der Waals surface area contributed by atoms with Gasteiger partial charge in [0.05, 0.1) is 7.06 Å². The molecule has 5 aromatic rings. The molecule has 1 saturated carbocycles. The van der Waals surface area contributed by atoms with E-state index in [1.54, 1.807) is 30.3 Å². The number of aryl methyl sites for hydroxylation is 3. The summed E-state index contributed by atoms with van der Waals surface area (Å²) in [6, 6.07) is 13.0. The first kappa shape index (κ1) is 14.5. The fourth-order valence-electron chi connectivity index (χ4n) is 5.26. The summed E-state index contributed by atoms with van der Waals surface area (Å²) in [6.45, 7) is -3.29. The maximum atomic E-state index is 9.22. The Morgan fingerprint density at radius 3 is 2.68 bits per heavy atom. The van der Waals surface area contributed by atoms with E-state index in [1.807, 2.05) is 6.07 Å². The molecule has 188 valence electrons. The molecule has 0 saturated heterocycles. The van der Waals surface area contributed by atoms with E-state index in [1.165, 1.54) is 18.3 Å². The highest BCUT2D eigenvalue weighted by atomic mass is 16.3. The minimum atomic E-state index is -2.61. The molecule has 1 fully saturated rings. The van der Waals surface area contributed by atoms with Crippen molar-refractivity contribution in [1.82, 2.24) is 9.97 Å². The van der Waals surface area contributed by atoms with Gasteiger partial charge in [-0.05, 0) is 116 Å². The predicted molar refractivity (Wildman–Crippen MR) is 153 cm³/mol. The summed E-state index contributed by atoms with van der Waals surface area (Å²) < 4.78 is 97.2. The first-order valence-electron chi connectivity index (χ1n) is 18.1. The van der Waals surface area contributed by atoms with E-state index in [0.717, 1.165) is 12.8 Å². The van der Waals surface area contributed by atoms with Gasteiger partial charge in [0.25, 0.3) is 0 Å². The molecule has 3 heteroatoms. The molecule has 1 aliphatic rings. The van der Waals surface area contributed by atoms with E-state index in [4.69, 9.17) is 18.1 Å². The number of nitrogens with zero attached hydrogens (tertiary/aromatic N) is 2. The van der Waals surface area contributed by atoms with Gasteiger partial charge < -0.3 is 4.42 Å². The number of benzene rings is 2. The Morgan fingerprint density at radius 2 is 1.86 bits per heavy atom. The van der Waals surface area contributed by atoms with E-state index in [-0.39, 0.29) is 51.5 Å². The topological polar surface area (TPSA) is 38.9 Å². The van der Waals surface area contributed by atoms with Crippen molar-refractivity contribution in [3.05, 3.63) is 94.3 Å². The zero-order valence-corrected chi connectivity index (χ0v) is 21.0. The number of aromatic nitrogens is 2. The molecule has 0 amide bonds. The molecule has 37 heavy (non-hydrogen) atoms. The van der Waals surface area contributed by atoms with Gasteiger partial charge >= 0.3 is 0 Å². The number of hydrogen-bond donors (Lipinski definition) is 0. The summed E-state index contributed by atoms with van der Waals surface area (Å²) in [5.41, 5.74) is 2.18. The van der Waals surface area contributed by atoms with Crippen LogP contribution in [0.2, 0.25) is 0 Å². The van der Waals surface area contributed by atoms with E-state index in [0.29, 0.717) is 46.0 Å². The highest BCUT2D eigenvalue weighted by Gasteiger charge is 2.27. The fraction of sp³-hybridized carbons (Fsp3) is 0.353. The van der Waals surface area contributed by atoms with Crippen molar-refractivity contribution in [3.8, 4) is 11.3 Å². The Kier molecular flexibility index (Phi) is 3.57. The van der Waals surface area contributed by atoms with Crippen LogP contribution in [-0.4, -0.2) is 9.97 Å². The molecule has 3 heterocycles. The molecular weight excluding hydrogens is 452 g/mol. The fourth-order valence-corrected chi connectivity index (χ4v) is 5.26. The van der Waals surface area contributed by atoms with Crippen LogP contribution in [0.25, 0.3) is 33.3 Å². The van der Waals surface area contributed by atoms with Crippen LogP contribution in [-0.2, 0) is 6.42 Å². The second-order valence-corrected chi connectivity index (χ2v) is 10.8. The van der Waals surface area contributed by atoms with Gasteiger partial charge in [-0.2, -0.15) is 0 Å². The minimum Gasteiger partial charge on any atom is -0.437 e. The largest absolute Gasteiger partial charge is 0.437 e. The summed E-state index contributed by atoms with van der Waals surface area (Å²) in [5, 5.41) is 1.27. The Bertz CT molecular complexity index is 2030. The van der Waals surface area contributed by atoms with Crippen LogP contribution in [0.5, 0.6) is 0 Å². The van der Waals surface area contributed by atoms with Crippen LogP contribution in [0.4, 0.5) is 0 Å². The monoisotopic (exact) mass is 499 g/mol. The van der Waals surface area contributed by atoms with Crippen molar-refractivity contribution in [2.24, 2.45) is 5.41 Å². The normalized spacial score (nSPS) is 22.3. The summed E-state index contributed by atoms with van der Waals surface area (Å²) in [5.74, 6) is -1.01. The average Bonchev–Trinajstić information content (AvgIpc) is 3.36. The third kappa shape index (κ3) is 4.56. The standard InChI is InChI=1S/C34H36N2O/c1-21-17-26(24-13-15-34(4,5)16-14-24)11-10-25(21)18-27-19-31(35-20-22(27)2)30-8-6-7-28-29-12-9-23(3)36-33(29)37-32(28)30/h6-12,17,19-20,24H,13-16,18H2,1-5H3/i1D3,2D3,3D3,10D,24D. The Hall–Kier alpha value is -3.46. The molecule has 3 nitrogen and oxygen atoms in total. The van der Waals surface area contributed by atoms with Crippen LogP contribution in [0.1, 0.15) is 94.0 Å². The van der Waals surface area contributed by atoms with E-state index in [2.05, 4.69) is 23.8 Å². The lowest BCUT2D eigenvalue weighted by Crippen LogP contribution is -2.20. The van der Waals surface area contributed by atoms with E-state index in [9.17, 15) is 1.37 Å². The molecule has 0 spiro atoms. The lowest BCUT2D eigenvalue weighted by Gasteiger charge is -2.34. The van der Waals surface area contributed by atoms with Crippen molar-refractivity contribution in [2.45, 2.75) is 72.4 Å². The molecule has 6 rings (SSSR count). The van der Waals surface area contributed by atoms with Crippen LogP contribution < -0.4 is 0 Å². The molecule has 0 unspecified atom stereocenters. The first-order valence-corrected chi connectivity index (χ1v) is 12.6. The number of furan rings is 1. The zero-order valence-electron chi connectivity index (χ0n) is 32.0. The van der Waals surface area contributed by atoms with Gasteiger partial charge in [-0.3, -0.25) is 4.98 Å². The zero-order chi connectivity index (χ0) is 35.0. The maximum Gasteiger partial charge on any atom is 0.227 e. The molecular formula is C34H36N2O. The second-order valence-electron chi connectivity index (χ2n) is 10.8. The van der Waals surface area contributed by atoms with Gasteiger partial charge in [0.1, 0.15) is 5.58 Å². The Labute approximate surface area is 235 Å². The van der Waals surface area contributed by atoms with Crippen LogP contribution in [0, 0.1) is 26.0 Å². The van der Waals surface area contributed by atoms with Gasteiger partial charge in [0, 0.05) is 41.9 Å². The number of pyridine rings is 2. The molecule has 0 bridgehead atoms. The lowest BCUT2D eigenvalue weighted by atomic mass is 9.71. The van der Waals surface area contributed by atoms with Gasteiger partial charge in [-0.25, -0.2) is 4.98 Å². The quantitative estimate of drug-likeness (QED) is 0.247. The highest BCUT2D eigenvalue weighted by molar-refractivity contribution is 6.08. The van der Waals surface area contributed by atoms with Gasteiger partial charge in [0.2, 0.25) is 5.71 Å². The average molecular weight is 500 g/mol. The summed E-state index contributed by atoms with van der Waals surface area (Å²) in [4.78, 5) is 8.69. The third-order valence-corrected chi connectivity index (χ3v) is 7.64. The molecule has 1 aliphatic carbocycles. The molecule has 3 aromatic heterocycles. The Morgan fingerprint density at radius 1 is 1.00 bits per heavy atom. The van der Waals surface area contributed by atoms with E-state index >= 15 is 0 Å². The Balaban J connectivity index is 1.48. The van der Waals surface area contributed by atoms with Crippen molar-refractivity contribution in [2.75, 3.05) is 0 Å². The first-order chi connectivity index (χ1) is 22.2. The highest BCUT2D eigenvalue weighted by Crippen LogP contribution is 2.43. The van der Waals surface area contributed by atoms with Crippen molar-refractivity contribution in [3.63, 3.8) is 0 Å². The number of para-hydroxylation sites is 1. The van der Waals surface area contributed by atoms with Crippen molar-refractivity contribution < 1.29 is 19.5 Å². The number of fused-ring (bicyclic) bond motifs is 3. The molecule has 0 N–H and O–H groups in total. The third-order valence-electron chi connectivity index (χ3n) is 7.64. The van der Waals surface area contributed by atoms with Crippen LogP contribution in [0.3, 0.4) is 0 Å². The summed E-state index contributed by atoms with van der Waals surface area (Å²) >= 11 is 0.